The van der Waals surface area contributed by atoms with E-state index in [-0.39, 0.29) is 11.2 Å². The molecular weight excluding hydrogens is 442 g/mol. The highest BCUT2D eigenvalue weighted by atomic mass is 16.5. The molecule has 0 saturated carbocycles. The Morgan fingerprint density at radius 1 is 1.14 bits per heavy atom. The average Bonchev–Trinajstić information content (AvgIpc) is 3.12. The minimum absolute atomic E-state index is 0.0925. The second-order valence-electron chi connectivity index (χ2n) is 10.2. The first kappa shape index (κ1) is 22.9. The van der Waals surface area contributed by atoms with Crippen LogP contribution in [0.5, 0.6) is 5.75 Å². The Balaban J connectivity index is 1.73. The highest BCUT2D eigenvalue weighted by Crippen LogP contribution is 2.51. The maximum Gasteiger partial charge on any atom is 0.341 e. The number of nitrogens with one attached hydrogen (secondary N) is 1. The van der Waals surface area contributed by atoms with Crippen molar-refractivity contribution in [2.24, 2.45) is 5.41 Å². The van der Waals surface area contributed by atoms with Gasteiger partial charge in [0.05, 0.1) is 11.4 Å². The fourth-order valence-electron chi connectivity index (χ4n) is 5.25. The van der Waals surface area contributed by atoms with Crippen LogP contribution in [0.15, 0.2) is 59.8 Å². The Hall–Kier alpha value is -3.87. The van der Waals surface area contributed by atoms with Gasteiger partial charge in [-0.25, -0.2) is 9.48 Å². The lowest BCUT2D eigenvalue weighted by molar-refractivity contribution is -0.139. The Bertz CT molecular complexity index is 1370. The Morgan fingerprint density at radius 2 is 1.86 bits per heavy atom. The van der Waals surface area contributed by atoms with E-state index < -0.39 is 18.5 Å². The maximum atomic E-state index is 13.6. The van der Waals surface area contributed by atoms with Crippen molar-refractivity contribution in [3.63, 3.8) is 0 Å². The summed E-state index contributed by atoms with van der Waals surface area (Å²) in [6.07, 6.45) is 1.17. The zero-order chi connectivity index (χ0) is 24.9. The molecule has 1 atom stereocenters. The molecule has 0 unspecified atom stereocenters. The van der Waals surface area contributed by atoms with Gasteiger partial charge in [0.15, 0.2) is 12.4 Å². The standard InChI is InChI=1S/C28H29N3O4/c1-16-9-11-18(12-10-16)31-27-24(17(2)30-31)25(19-7-5-6-8-22(19)35-15-23(33)34)26-20(29-27)13-28(3,4)14-21(26)32/h5-12,25,29H,13-15H2,1-4H3,(H,33,34)/t25-/m1/s1. The zero-order valence-corrected chi connectivity index (χ0v) is 20.4. The van der Waals surface area contributed by atoms with E-state index >= 15 is 0 Å². The third kappa shape index (κ3) is 4.11. The van der Waals surface area contributed by atoms with Crippen LogP contribution in [0.2, 0.25) is 0 Å². The number of Topliss-reactive ketones (excluding diaryl/α,β-unsaturated/α-hetero) is 1. The third-order valence-corrected chi connectivity index (χ3v) is 6.73. The number of para-hydroxylation sites is 1. The van der Waals surface area contributed by atoms with Crippen LogP contribution < -0.4 is 10.1 Å². The number of ketones is 1. The number of ether oxygens (including phenoxy) is 1. The molecule has 7 heteroatoms. The van der Waals surface area contributed by atoms with E-state index in [1.54, 1.807) is 6.07 Å². The topological polar surface area (TPSA) is 93.5 Å². The van der Waals surface area contributed by atoms with Gasteiger partial charge in [0.2, 0.25) is 0 Å². The Morgan fingerprint density at radius 3 is 2.57 bits per heavy atom. The van der Waals surface area contributed by atoms with Gasteiger partial charge in [-0.1, -0.05) is 49.7 Å². The van der Waals surface area contributed by atoms with Crippen molar-refractivity contribution < 1.29 is 19.4 Å². The molecule has 1 aromatic heterocycles. The van der Waals surface area contributed by atoms with Gasteiger partial charge in [-0.05, 0) is 43.9 Å². The lowest BCUT2D eigenvalue weighted by Crippen LogP contribution is -2.34. The van der Waals surface area contributed by atoms with E-state index in [0.29, 0.717) is 12.2 Å². The molecular formula is C28H29N3O4. The molecule has 180 valence electrons. The second kappa shape index (κ2) is 8.41. The number of hydrogen-bond acceptors (Lipinski definition) is 5. The number of allylic oxidation sites excluding steroid dienone is 2. The van der Waals surface area contributed by atoms with Crippen LogP contribution in [-0.2, 0) is 9.59 Å². The number of carboxylic acids is 1. The summed E-state index contributed by atoms with van der Waals surface area (Å²) in [7, 11) is 0. The van der Waals surface area contributed by atoms with Crippen LogP contribution in [-0.4, -0.2) is 33.2 Å². The third-order valence-electron chi connectivity index (χ3n) is 6.73. The minimum Gasteiger partial charge on any atom is -0.482 e. The molecule has 1 aliphatic carbocycles. The molecule has 1 aliphatic heterocycles. The van der Waals surface area contributed by atoms with Gasteiger partial charge in [-0.15, -0.1) is 0 Å². The number of aliphatic carboxylic acids is 1. The smallest absolute Gasteiger partial charge is 0.341 e. The van der Waals surface area contributed by atoms with E-state index in [9.17, 15) is 14.7 Å². The van der Waals surface area contributed by atoms with Crippen molar-refractivity contribution in [1.29, 1.82) is 0 Å². The van der Waals surface area contributed by atoms with Gasteiger partial charge in [-0.2, -0.15) is 5.10 Å². The van der Waals surface area contributed by atoms with E-state index in [2.05, 4.69) is 19.2 Å². The second-order valence-corrected chi connectivity index (χ2v) is 10.2. The number of anilines is 1. The monoisotopic (exact) mass is 471 g/mol. The first-order valence-corrected chi connectivity index (χ1v) is 11.8. The molecule has 3 aromatic rings. The lowest BCUT2D eigenvalue weighted by Gasteiger charge is -2.39. The summed E-state index contributed by atoms with van der Waals surface area (Å²) in [5.74, 6) is -0.0816. The molecule has 7 nitrogen and oxygen atoms in total. The fourth-order valence-corrected chi connectivity index (χ4v) is 5.25. The summed E-state index contributed by atoms with van der Waals surface area (Å²) in [4.78, 5) is 24.8. The molecule has 0 bridgehead atoms. The number of carboxylic acid groups (broad SMARTS) is 1. The first-order chi connectivity index (χ1) is 16.6. The van der Waals surface area contributed by atoms with E-state index in [0.717, 1.165) is 51.6 Å². The number of rotatable bonds is 5. The summed E-state index contributed by atoms with van der Waals surface area (Å²) in [5, 5.41) is 17.7. The molecule has 2 aromatic carbocycles. The number of aromatic nitrogens is 2. The molecule has 5 rings (SSSR count). The predicted octanol–water partition coefficient (Wildman–Crippen LogP) is 5.15. The molecule has 0 spiro atoms. The zero-order valence-electron chi connectivity index (χ0n) is 20.4. The minimum atomic E-state index is -1.05. The molecule has 2 N–H and O–H groups in total. The number of hydrogen-bond donors (Lipinski definition) is 2. The van der Waals surface area contributed by atoms with Crippen molar-refractivity contribution in [3.05, 3.63) is 82.2 Å². The van der Waals surface area contributed by atoms with E-state index in [1.165, 1.54) is 0 Å². The van der Waals surface area contributed by atoms with Crippen LogP contribution in [0, 0.1) is 19.3 Å². The normalized spacial score (nSPS) is 18.5. The van der Waals surface area contributed by atoms with Gasteiger partial charge in [0.1, 0.15) is 11.6 Å². The van der Waals surface area contributed by atoms with Crippen molar-refractivity contribution in [1.82, 2.24) is 9.78 Å². The van der Waals surface area contributed by atoms with Crippen LogP contribution in [0.4, 0.5) is 5.82 Å². The van der Waals surface area contributed by atoms with Gasteiger partial charge < -0.3 is 15.2 Å². The quantitative estimate of drug-likeness (QED) is 0.534. The number of carbonyl (C=O) groups excluding carboxylic acids is 1. The van der Waals surface area contributed by atoms with Crippen LogP contribution in [0.25, 0.3) is 5.69 Å². The van der Waals surface area contributed by atoms with Crippen molar-refractivity contribution in [2.45, 2.75) is 46.5 Å². The maximum absolute atomic E-state index is 13.6. The van der Waals surface area contributed by atoms with Crippen molar-refractivity contribution >= 4 is 17.6 Å². The largest absolute Gasteiger partial charge is 0.482 e. The van der Waals surface area contributed by atoms with Crippen LogP contribution in [0.1, 0.15) is 55.0 Å². The number of carbonyl (C=O) groups is 2. The fraction of sp³-hybridized carbons (Fsp3) is 0.321. The molecule has 0 fully saturated rings. The predicted molar refractivity (Wildman–Crippen MR) is 133 cm³/mol. The van der Waals surface area contributed by atoms with E-state index in [1.807, 2.05) is 61.0 Å². The lowest BCUT2D eigenvalue weighted by atomic mass is 9.69. The van der Waals surface area contributed by atoms with Crippen LogP contribution >= 0.6 is 0 Å². The number of nitrogens with zero attached hydrogens (tertiary/aromatic N) is 2. The summed E-state index contributed by atoms with van der Waals surface area (Å²) in [6, 6.07) is 15.5. The van der Waals surface area contributed by atoms with Crippen LogP contribution in [0.3, 0.4) is 0 Å². The van der Waals surface area contributed by atoms with Crippen molar-refractivity contribution in [2.75, 3.05) is 11.9 Å². The highest BCUT2D eigenvalue weighted by molar-refractivity contribution is 6.01. The first-order valence-electron chi connectivity index (χ1n) is 11.8. The summed E-state index contributed by atoms with van der Waals surface area (Å²) >= 11 is 0. The Kier molecular flexibility index (Phi) is 5.50. The van der Waals surface area contributed by atoms with Gasteiger partial charge in [-0.3, -0.25) is 4.79 Å². The molecule has 0 radical (unpaired) electrons. The number of fused-ring (bicyclic) bond motifs is 1. The number of aryl methyl sites for hydroxylation is 2. The molecule has 2 aliphatic rings. The number of benzene rings is 2. The van der Waals surface area contributed by atoms with Gasteiger partial charge >= 0.3 is 5.97 Å². The molecule has 35 heavy (non-hydrogen) atoms. The molecule has 0 amide bonds. The average molecular weight is 472 g/mol. The SMILES string of the molecule is Cc1ccc(-n2nc(C)c3c2NC2=C(C(=O)CC(C)(C)C2)[C@@H]3c2ccccc2OCC(=O)O)cc1. The summed E-state index contributed by atoms with van der Waals surface area (Å²) in [6.45, 7) is 7.74. The Labute approximate surface area is 204 Å². The molecule has 0 saturated heterocycles. The highest BCUT2D eigenvalue weighted by Gasteiger charge is 2.43. The summed E-state index contributed by atoms with van der Waals surface area (Å²) in [5.41, 5.74) is 6.00. The molecule has 2 heterocycles. The van der Waals surface area contributed by atoms with Crippen molar-refractivity contribution in [3.8, 4) is 11.4 Å². The van der Waals surface area contributed by atoms with E-state index in [4.69, 9.17) is 9.84 Å². The van der Waals surface area contributed by atoms with Gasteiger partial charge in [0, 0.05) is 34.7 Å². The van der Waals surface area contributed by atoms with Gasteiger partial charge in [0.25, 0.3) is 0 Å². The summed E-state index contributed by atoms with van der Waals surface area (Å²) < 4.78 is 7.58.